The molecule has 1 heterocycles. The second-order valence-corrected chi connectivity index (χ2v) is 6.13. The highest BCUT2D eigenvalue weighted by molar-refractivity contribution is 5.94. The van der Waals surface area contributed by atoms with E-state index in [9.17, 15) is 9.18 Å². The first-order valence-electron chi connectivity index (χ1n) is 8.23. The number of nitrogens with zero attached hydrogens (tertiary/aromatic N) is 2. The van der Waals surface area contributed by atoms with E-state index >= 15 is 0 Å². The van der Waals surface area contributed by atoms with Crippen molar-refractivity contribution in [1.82, 2.24) is 9.80 Å². The van der Waals surface area contributed by atoms with Gasteiger partial charge in [-0.05, 0) is 48.4 Å². The third kappa shape index (κ3) is 4.11. The Hall–Kier alpha value is -2.40. The molecule has 24 heavy (non-hydrogen) atoms. The van der Waals surface area contributed by atoms with E-state index in [0.717, 1.165) is 44.7 Å². The number of nitrogens with two attached hydrogens (primary N) is 1. The van der Waals surface area contributed by atoms with Crippen LogP contribution in [0.25, 0.3) is 0 Å². The fourth-order valence-electron chi connectivity index (χ4n) is 2.92. The predicted octanol–water partition coefficient (Wildman–Crippen LogP) is 2.41. The third-order valence-electron chi connectivity index (χ3n) is 4.45. The van der Waals surface area contributed by atoms with Gasteiger partial charge in [-0.2, -0.15) is 0 Å². The van der Waals surface area contributed by atoms with Crippen LogP contribution in [0.15, 0.2) is 48.5 Å². The lowest BCUT2D eigenvalue weighted by molar-refractivity contribution is 0.0638. The molecule has 4 nitrogen and oxygen atoms in total. The van der Waals surface area contributed by atoms with Crippen molar-refractivity contribution in [2.75, 3.05) is 38.5 Å². The van der Waals surface area contributed by atoms with Gasteiger partial charge in [-0.15, -0.1) is 0 Å². The first-order valence-corrected chi connectivity index (χ1v) is 8.23. The maximum absolute atomic E-state index is 12.9. The minimum absolute atomic E-state index is 0.0631. The zero-order valence-corrected chi connectivity index (χ0v) is 13.6. The summed E-state index contributed by atoms with van der Waals surface area (Å²) in [6, 6.07) is 13.7. The second kappa shape index (κ2) is 7.45. The van der Waals surface area contributed by atoms with Gasteiger partial charge in [0, 0.05) is 44.0 Å². The van der Waals surface area contributed by atoms with E-state index in [4.69, 9.17) is 5.73 Å². The maximum Gasteiger partial charge on any atom is 0.253 e. The van der Waals surface area contributed by atoms with Crippen molar-refractivity contribution in [2.24, 2.45) is 0 Å². The maximum atomic E-state index is 12.9. The highest BCUT2D eigenvalue weighted by Gasteiger charge is 2.21. The van der Waals surface area contributed by atoms with E-state index < -0.39 is 0 Å². The lowest BCUT2D eigenvalue weighted by atomic mass is 10.1. The Morgan fingerprint density at radius 1 is 0.958 bits per heavy atom. The first-order chi connectivity index (χ1) is 11.6. The van der Waals surface area contributed by atoms with Crippen LogP contribution < -0.4 is 5.73 Å². The van der Waals surface area contributed by atoms with Crippen LogP contribution in [0.5, 0.6) is 0 Å². The number of hydrogen-bond donors (Lipinski definition) is 1. The van der Waals surface area contributed by atoms with Gasteiger partial charge in [0.2, 0.25) is 0 Å². The van der Waals surface area contributed by atoms with Gasteiger partial charge in [-0.25, -0.2) is 4.39 Å². The molecule has 2 aromatic rings. The Morgan fingerprint density at radius 2 is 1.58 bits per heavy atom. The van der Waals surface area contributed by atoms with E-state index in [1.807, 2.05) is 17.0 Å². The second-order valence-electron chi connectivity index (χ2n) is 6.13. The van der Waals surface area contributed by atoms with Gasteiger partial charge in [-0.3, -0.25) is 9.69 Å². The number of carbonyl (C=O) groups excluding carboxylic acids is 1. The van der Waals surface area contributed by atoms with Crippen LogP contribution in [0.2, 0.25) is 0 Å². The molecule has 126 valence electrons. The van der Waals surface area contributed by atoms with Crippen molar-refractivity contribution in [3.8, 4) is 0 Å². The molecule has 1 fully saturated rings. The molecule has 0 bridgehead atoms. The topological polar surface area (TPSA) is 49.6 Å². The quantitative estimate of drug-likeness (QED) is 0.878. The third-order valence-corrected chi connectivity index (χ3v) is 4.45. The summed E-state index contributed by atoms with van der Waals surface area (Å²) in [5.74, 6) is -0.137. The number of rotatable bonds is 4. The molecule has 0 spiro atoms. The number of piperazine rings is 1. The van der Waals surface area contributed by atoms with Crippen LogP contribution in [0.4, 0.5) is 10.1 Å². The van der Waals surface area contributed by atoms with E-state index in [-0.39, 0.29) is 11.7 Å². The van der Waals surface area contributed by atoms with E-state index in [0.29, 0.717) is 11.3 Å². The molecule has 0 saturated carbocycles. The molecule has 2 aromatic carbocycles. The van der Waals surface area contributed by atoms with Gasteiger partial charge >= 0.3 is 0 Å². The standard InChI is InChI=1S/C19H22FN3O/c20-17-5-1-15(2-6-17)9-10-22-11-13-23(14-12-22)19(24)16-3-7-18(21)8-4-16/h1-8H,9-14,21H2. The van der Waals surface area contributed by atoms with E-state index in [1.165, 1.54) is 12.1 Å². The van der Waals surface area contributed by atoms with Crippen LogP contribution in [0, 0.1) is 5.82 Å². The molecule has 0 aliphatic carbocycles. The number of nitrogen functional groups attached to an aromatic ring is 1. The summed E-state index contributed by atoms with van der Waals surface area (Å²) in [6.45, 7) is 4.11. The molecule has 3 rings (SSSR count). The normalized spacial score (nSPS) is 15.5. The Bertz CT molecular complexity index is 677. The molecule has 1 saturated heterocycles. The largest absolute Gasteiger partial charge is 0.399 e. The average molecular weight is 327 g/mol. The molecule has 1 aliphatic rings. The van der Waals surface area contributed by atoms with Crippen LogP contribution in [0.3, 0.4) is 0 Å². The molecule has 1 aliphatic heterocycles. The summed E-state index contributed by atoms with van der Waals surface area (Å²) in [7, 11) is 0. The summed E-state index contributed by atoms with van der Waals surface area (Å²) in [4.78, 5) is 16.7. The monoisotopic (exact) mass is 327 g/mol. The fraction of sp³-hybridized carbons (Fsp3) is 0.316. The molecule has 0 atom stereocenters. The molecule has 0 unspecified atom stereocenters. The molecular formula is C19H22FN3O. The molecule has 1 amide bonds. The van der Waals surface area contributed by atoms with Crippen LogP contribution in [0.1, 0.15) is 15.9 Å². The Morgan fingerprint density at radius 3 is 2.21 bits per heavy atom. The Labute approximate surface area is 141 Å². The van der Waals surface area contributed by atoms with Crippen LogP contribution >= 0.6 is 0 Å². The average Bonchev–Trinajstić information content (AvgIpc) is 2.62. The summed E-state index contributed by atoms with van der Waals surface area (Å²) in [5.41, 5.74) is 8.14. The van der Waals surface area contributed by atoms with Gasteiger partial charge in [-0.1, -0.05) is 12.1 Å². The highest BCUT2D eigenvalue weighted by atomic mass is 19.1. The summed E-state index contributed by atoms with van der Waals surface area (Å²) in [6.07, 6.45) is 0.895. The van der Waals surface area contributed by atoms with Crippen molar-refractivity contribution in [1.29, 1.82) is 0 Å². The van der Waals surface area contributed by atoms with Gasteiger partial charge in [0.25, 0.3) is 5.91 Å². The molecule has 0 radical (unpaired) electrons. The number of anilines is 1. The van der Waals surface area contributed by atoms with Crippen molar-refractivity contribution >= 4 is 11.6 Å². The lowest BCUT2D eigenvalue weighted by Crippen LogP contribution is -2.49. The lowest BCUT2D eigenvalue weighted by Gasteiger charge is -2.34. The highest BCUT2D eigenvalue weighted by Crippen LogP contribution is 2.12. The van der Waals surface area contributed by atoms with Crippen molar-refractivity contribution in [2.45, 2.75) is 6.42 Å². The van der Waals surface area contributed by atoms with Gasteiger partial charge in [0.05, 0.1) is 0 Å². The molecule has 2 N–H and O–H groups in total. The fourth-order valence-corrected chi connectivity index (χ4v) is 2.92. The van der Waals surface area contributed by atoms with Crippen LogP contribution in [-0.2, 0) is 6.42 Å². The van der Waals surface area contributed by atoms with Crippen molar-refractivity contribution < 1.29 is 9.18 Å². The number of hydrogen-bond acceptors (Lipinski definition) is 3. The number of benzene rings is 2. The zero-order valence-electron chi connectivity index (χ0n) is 13.6. The minimum Gasteiger partial charge on any atom is -0.399 e. The minimum atomic E-state index is -0.200. The summed E-state index contributed by atoms with van der Waals surface area (Å²) >= 11 is 0. The van der Waals surface area contributed by atoms with E-state index in [2.05, 4.69) is 4.90 Å². The molecule has 0 aromatic heterocycles. The first kappa shape index (κ1) is 16.5. The van der Waals surface area contributed by atoms with Gasteiger partial charge in [0.15, 0.2) is 0 Å². The summed E-state index contributed by atoms with van der Waals surface area (Å²) in [5, 5.41) is 0. The zero-order chi connectivity index (χ0) is 16.9. The predicted molar refractivity (Wildman–Crippen MR) is 93.3 cm³/mol. The molecule has 5 heteroatoms. The van der Waals surface area contributed by atoms with E-state index in [1.54, 1.807) is 24.3 Å². The SMILES string of the molecule is Nc1ccc(C(=O)N2CCN(CCc3ccc(F)cc3)CC2)cc1. The van der Waals surface area contributed by atoms with Crippen molar-refractivity contribution in [3.63, 3.8) is 0 Å². The smallest absolute Gasteiger partial charge is 0.253 e. The molecular weight excluding hydrogens is 305 g/mol. The number of halogens is 1. The number of amides is 1. The van der Waals surface area contributed by atoms with Gasteiger partial charge < -0.3 is 10.6 Å². The van der Waals surface area contributed by atoms with Crippen molar-refractivity contribution in [3.05, 3.63) is 65.5 Å². The Balaban J connectivity index is 1.47. The van der Waals surface area contributed by atoms with Crippen LogP contribution in [-0.4, -0.2) is 48.4 Å². The number of carbonyl (C=O) groups is 1. The Kier molecular flexibility index (Phi) is 5.11. The van der Waals surface area contributed by atoms with Gasteiger partial charge in [0.1, 0.15) is 5.82 Å². The summed E-state index contributed by atoms with van der Waals surface area (Å²) < 4.78 is 12.9.